The van der Waals surface area contributed by atoms with Crippen molar-refractivity contribution in [2.45, 2.75) is 0 Å². The second-order valence-corrected chi connectivity index (χ2v) is 12.1. The SMILES string of the molecule is C#Cc1ccc2c(c1)cc(-c1cccc(-c3c4ccccc4c(-c4ccc5ccccc5c4)c4ccccc34)c1)n2-c1ccccc1. The summed E-state index contributed by atoms with van der Waals surface area (Å²) < 4.78 is 2.34. The second-order valence-electron chi connectivity index (χ2n) is 12.1. The van der Waals surface area contributed by atoms with E-state index in [-0.39, 0.29) is 0 Å². The average Bonchev–Trinajstić information content (AvgIpc) is 3.53. The number of hydrogen-bond donors (Lipinski definition) is 0. The van der Waals surface area contributed by atoms with Crippen LogP contribution < -0.4 is 0 Å². The molecule has 0 aliphatic heterocycles. The maximum Gasteiger partial charge on any atom is 0.0541 e. The predicted octanol–water partition coefficient (Wildman–Crippen LogP) is 12.1. The molecule has 1 heteroatoms. The van der Waals surface area contributed by atoms with Crippen LogP contribution in [0.1, 0.15) is 5.56 Å². The topological polar surface area (TPSA) is 4.93 Å². The Morgan fingerprint density at radius 2 is 1.00 bits per heavy atom. The van der Waals surface area contributed by atoms with Crippen LogP contribution in [0, 0.1) is 12.3 Å². The van der Waals surface area contributed by atoms with E-state index in [1.165, 1.54) is 54.6 Å². The van der Waals surface area contributed by atoms with Crippen molar-refractivity contribution in [1.29, 1.82) is 0 Å². The van der Waals surface area contributed by atoms with Gasteiger partial charge in [0.25, 0.3) is 0 Å². The third-order valence-electron chi connectivity index (χ3n) is 9.40. The van der Waals surface area contributed by atoms with E-state index in [0.717, 1.165) is 33.4 Å². The molecule has 47 heavy (non-hydrogen) atoms. The number of benzene rings is 8. The summed E-state index contributed by atoms with van der Waals surface area (Å²) in [5.74, 6) is 2.81. The van der Waals surface area contributed by atoms with Gasteiger partial charge in [-0.3, -0.25) is 0 Å². The van der Waals surface area contributed by atoms with Gasteiger partial charge >= 0.3 is 0 Å². The molecule has 218 valence electrons. The summed E-state index contributed by atoms with van der Waals surface area (Å²) in [4.78, 5) is 0. The Morgan fingerprint density at radius 3 is 1.68 bits per heavy atom. The molecule has 0 aliphatic rings. The fourth-order valence-corrected chi connectivity index (χ4v) is 7.30. The van der Waals surface area contributed by atoms with Crippen LogP contribution in [-0.2, 0) is 0 Å². The van der Waals surface area contributed by atoms with E-state index in [4.69, 9.17) is 6.42 Å². The fraction of sp³-hybridized carbons (Fsp3) is 0. The smallest absolute Gasteiger partial charge is 0.0541 e. The maximum atomic E-state index is 5.80. The van der Waals surface area contributed by atoms with Gasteiger partial charge in [-0.15, -0.1) is 6.42 Å². The van der Waals surface area contributed by atoms with Crippen molar-refractivity contribution in [2.75, 3.05) is 0 Å². The molecule has 9 rings (SSSR count). The summed E-state index contributed by atoms with van der Waals surface area (Å²) in [6.07, 6.45) is 5.80. The first-order chi connectivity index (χ1) is 23.3. The van der Waals surface area contributed by atoms with E-state index in [0.29, 0.717) is 0 Å². The van der Waals surface area contributed by atoms with E-state index >= 15 is 0 Å². The Hall–Kier alpha value is -6.36. The van der Waals surface area contributed by atoms with Crippen molar-refractivity contribution < 1.29 is 0 Å². The van der Waals surface area contributed by atoms with E-state index < -0.39 is 0 Å². The zero-order valence-electron chi connectivity index (χ0n) is 25.7. The molecule has 1 aromatic heterocycles. The molecule has 0 spiro atoms. The largest absolute Gasteiger partial charge is 0.309 e. The summed E-state index contributed by atoms with van der Waals surface area (Å²) in [6.45, 7) is 0. The van der Waals surface area contributed by atoms with E-state index in [9.17, 15) is 0 Å². The molecule has 1 nitrogen and oxygen atoms in total. The first-order valence-electron chi connectivity index (χ1n) is 16.0. The van der Waals surface area contributed by atoms with Crippen molar-refractivity contribution in [3.63, 3.8) is 0 Å². The number of hydrogen-bond acceptors (Lipinski definition) is 0. The normalized spacial score (nSPS) is 11.4. The number of nitrogens with zero attached hydrogens (tertiary/aromatic N) is 1. The van der Waals surface area contributed by atoms with Crippen molar-refractivity contribution in [2.24, 2.45) is 0 Å². The van der Waals surface area contributed by atoms with Crippen molar-refractivity contribution in [3.8, 4) is 51.5 Å². The van der Waals surface area contributed by atoms with E-state index in [1.807, 2.05) is 6.07 Å². The third-order valence-corrected chi connectivity index (χ3v) is 9.40. The predicted molar refractivity (Wildman–Crippen MR) is 200 cm³/mol. The number of para-hydroxylation sites is 1. The lowest BCUT2D eigenvalue weighted by Gasteiger charge is -2.19. The molecule has 0 bridgehead atoms. The van der Waals surface area contributed by atoms with Crippen molar-refractivity contribution in [3.05, 3.63) is 175 Å². The zero-order valence-corrected chi connectivity index (χ0v) is 25.7. The summed E-state index contributed by atoms with van der Waals surface area (Å²) in [5.41, 5.74) is 10.4. The summed E-state index contributed by atoms with van der Waals surface area (Å²) in [7, 11) is 0. The highest BCUT2D eigenvalue weighted by molar-refractivity contribution is 6.21. The van der Waals surface area contributed by atoms with E-state index in [2.05, 4.69) is 174 Å². The lowest BCUT2D eigenvalue weighted by Crippen LogP contribution is -1.97. The molecular formula is C46H29N. The van der Waals surface area contributed by atoms with Crippen LogP contribution in [0.3, 0.4) is 0 Å². The van der Waals surface area contributed by atoms with Crippen LogP contribution in [0.15, 0.2) is 170 Å². The van der Waals surface area contributed by atoms with Gasteiger partial charge in [-0.25, -0.2) is 0 Å². The monoisotopic (exact) mass is 595 g/mol. The third kappa shape index (κ3) is 4.43. The number of terminal acetylenes is 1. The van der Waals surface area contributed by atoms with Crippen molar-refractivity contribution >= 4 is 43.2 Å². The Bertz CT molecular complexity index is 2630. The molecule has 0 saturated carbocycles. The van der Waals surface area contributed by atoms with Gasteiger partial charge in [-0.1, -0.05) is 127 Å². The molecule has 0 fully saturated rings. The van der Waals surface area contributed by atoms with Crippen LogP contribution in [0.4, 0.5) is 0 Å². The highest BCUT2D eigenvalue weighted by atomic mass is 15.0. The van der Waals surface area contributed by atoms with Crippen LogP contribution in [-0.4, -0.2) is 4.57 Å². The fourth-order valence-electron chi connectivity index (χ4n) is 7.30. The Kier molecular flexibility index (Phi) is 6.27. The Morgan fingerprint density at radius 1 is 0.404 bits per heavy atom. The quantitative estimate of drug-likeness (QED) is 0.141. The van der Waals surface area contributed by atoms with Gasteiger partial charge in [0.05, 0.1) is 11.2 Å². The maximum absolute atomic E-state index is 5.80. The second kappa shape index (κ2) is 10.9. The summed E-state index contributed by atoms with van der Waals surface area (Å²) in [6, 6.07) is 61.3. The van der Waals surface area contributed by atoms with Gasteiger partial charge in [0, 0.05) is 16.6 Å². The molecule has 0 saturated heterocycles. The molecule has 9 aromatic rings. The van der Waals surface area contributed by atoms with Crippen molar-refractivity contribution in [1.82, 2.24) is 4.57 Å². The molecule has 1 heterocycles. The summed E-state index contributed by atoms with van der Waals surface area (Å²) >= 11 is 0. The summed E-state index contributed by atoms with van der Waals surface area (Å²) in [5, 5.41) is 8.62. The highest BCUT2D eigenvalue weighted by Gasteiger charge is 2.18. The van der Waals surface area contributed by atoms with Gasteiger partial charge in [0.1, 0.15) is 0 Å². The minimum atomic E-state index is 0.882. The van der Waals surface area contributed by atoms with Gasteiger partial charge in [-0.2, -0.15) is 0 Å². The molecular weight excluding hydrogens is 567 g/mol. The lowest BCUT2D eigenvalue weighted by atomic mass is 9.85. The number of fused-ring (bicyclic) bond motifs is 4. The molecule has 0 radical (unpaired) electrons. The minimum Gasteiger partial charge on any atom is -0.309 e. The van der Waals surface area contributed by atoms with E-state index in [1.54, 1.807) is 0 Å². The molecule has 0 amide bonds. The van der Waals surface area contributed by atoms with Crippen LogP contribution >= 0.6 is 0 Å². The molecule has 0 atom stereocenters. The number of aromatic nitrogens is 1. The van der Waals surface area contributed by atoms with Gasteiger partial charge < -0.3 is 4.57 Å². The van der Waals surface area contributed by atoms with Gasteiger partial charge in [0.15, 0.2) is 0 Å². The minimum absolute atomic E-state index is 0.882. The molecule has 0 unspecified atom stereocenters. The lowest BCUT2D eigenvalue weighted by molar-refractivity contribution is 1.13. The first kappa shape index (κ1) is 27.0. The molecule has 0 aliphatic carbocycles. The molecule has 0 N–H and O–H groups in total. The standard InChI is InChI=1S/C46H29N/c1-2-31-23-26-43-37(27-31)30-44(47(43)38-17-4-3-5-18-38)34-15-12-16-35(29-34)45-39-19-8-10-21-41(39)46(42-22-11-9-20-40(42)45)36-25-24-32-13-6-7-14-33(32)28-36/h1,3-30H. The van der Waals surface area contributed by atoms with Gasteiger partial charge in [0.2, 0.25) is 0 Å². The first-order valence-corrected chi connectivity index (χ1v) is 16.0. The zero-order chi connectivity index (χ0) is 31.3. The molecule has 8 aromatic carbocycles. The average molecular weight is 596 g/mol. The highest BCUT2D eigenvalue weighted by Crippen LogP contribution is 2.45. The number of rotatable bonds is 4. The Balaban J connectivity index is 1.30. The Labute approximate surface area is 274 Å². The van der Waals surface area contributed by atoms with Crippen LogP contribution in [0.5, 0.6) is 0 Å². The van der Waals surface area contributed by atoms with Gasteiger partial charge in [-0.05, 0) is 109 Å². The van der Waals surface area contributed by atoms with Crippen LogP contribution in [0.2, 0.25) is 0 Å². The van der Waals surface area contributed by atoms with Crippen LogP contribution in [0.25, 0.3) is 82.4 Å².